The second kappa shape index (κ2) is 18.5. The number of anilines is 1. The minimum Gasteiger partial charge on any atom is -0.432 e. The van der Waals surface area contributed by atoms with Gasteiger partial charge in [-0.05, 0) is 37.3 Å². The van der Waals surface area contributed by atoms with Crippen LogP contribution in [0.15, 0.2) is 6.20 Å². The smallest absolute Gasteiger partial charge is 0.432 e. The third kappa shape index (κ3) is 11.2. The first-order chi connectivity index (χ1) is 22.3. The molecular weight excluding hydrogens is 657 g/mol. The number of nitrogens with one attached hydrogen (secondary N) is 1. The summed E-state index contributed by atoms with van der Waals surface area (Å²) in [5.41, 5.74) is 0.542. The molecule has 2 atom stereocenters. The molecule has 258 valence electrons. The van der Waals surface area contributed by atoms with Gasteiger partial charge in [0.25, 0.3) is 0 Å². The summed E-state index contributed by atoms with van der Waals surface area (Å²) in [5.74, 6) is 0.640. The van der Waals surface area contributed by atoms with E-state index in [0.717, 1.165) is 18.2 Å². The predicted octanol–water partition coefficient (Wildman–Crippen LogP) is 4.23. The third-order valence-corrected chi connectivity index (χ3v) is 8.57. The van der Waals surface area contributed by atoms with Crippen molar-refractivity contribution in [3.05, 3.63) is 11.5 Å². The fourth-order valence-corrected chi connectivity index (χ4v) is 5.83. The molecule has 4 rings (SSSR count). The highest BCUT2D eigenvalue weighted by Crippen LogP contribution is 2.48. The normalized spacial score (nSPS) is 18.6. The van der Waals surface area contributed by atoms with Gasteiger partial charge in [-0.25, -0.2) is 14.3 Å². The Kier molecular flexibility index (Phi) is 14.5. The molecule has 0 spiro atoms. The van der Waals surface area contributed by atoms with Crippen LogP contribution in [0.2, 0.25) is 5.28 Å². The summed E-state index contributed by atoms with van der Waals surface area (Å²) in [6, 6.07) is 0.327. The fraction of sp³-hybridized carbons (Fsp3) is 0.731. The number of halogens is 1. The third-order valence-electron chi connectivity index (χ3n) is 6.90. The Morgan fingerprint density at radius 1 is 0.957 bits per heavy atom. The van der Waals surface area contributed by atoms with Crippen molar-refractivity contribution in [1.29, 1.82) is 0 Å². The number of aromatic nitrogens is 4. The molecule has 1 aliphatic heterocycles. The average Bonchev–Trinajstić information content (AvgIpc) is 3.79. The molecule has 0 radical (unpaired) electrons. The van der Waals surface area contributed by atoms with E-state index in [0.29, 0.717) is 30.3 Å². The van der Waals surface area contributed by atoms with Crippen LogP contribution in [0.1, 0.15) is 44.8 Å². The first-order valence-corrected chi connectivity index (χ1v) is 16.8. The fourth-order valence-electron chi connectivity index (χ4n) is 4.69. The van der Waals surface area contributed by atoms with Gasteiger partial charge in [0, 0.05) is 20.3 Å². The van der Waals surface area contributed by atoms with Gasteiger partial charge >= 0.3 is 19.9 Å². The zero-order valence-corrected chi connectivity index (χ0v) is 27.3. The minimum atomic E-state index is -4.12. The summed E-state index contributed by atoms with van der Waals surface area (Å²) in [5, 5.41) is 8.80. The number of ether oxygens (including phenoxy) is 8. The maximum absolute atomic E-state index is 13.3. The Morgan fingerprint density at radius 3 is 2.24 bits per heavy atom. The van der Waals surface area contributed by atoms with E-state index in [4.69, 9.17) is 58.5 Å². The number of hydrogen-bond donors (Lipinski definition) is 1. The van der Waals surface area contributed by atoms with Crippen molar-refractivity contribution in [2.45, 2.75) is 56.9 Å². The van der Waals surface area contributed by atoms with Crippen LogP contribution < -0.4 is 5.32 Å². The molecule has 0 amide bonds. The SMILES string of the molecule is COCCOC(=O)OCOP(=O)(COC[C@@H]1CCC(n2ncc3c(NC4CCCC4)nc(Cl)nc32)O1)OCOC(=O)OCCOC. The van der Waals surface area contributed by atoms with E-state index in [1.807, 2.05) is 0 Å². The number of carbonyl (C=O) groups excluding carboxylic acids is 2. The molecule has 1 saturated carbocycles. The molecule has 2 aliphatic rings. The van der Waals surface area contributed by atoms with E-state index in [9.17, 15) is 14.2 Å². The van der Waals surface area contributed by atoms with E-state index in [2.05, 4.69) is 20.4 Å². The minimum absolute atomic E-state index is 0.0104. The van der Waals surface area contributed by atoms with Gasteiger partial charge in [0.1, 0.15) is 25.4 Å². The molecule has 0 aromatic carbocycles. The lowest BCUT2D eigenvalue weighted by Gasteiger charge is -2.19. The summed E-state index contributed by atoms with van der Waals surface area (Å²) in [6.07, 6.45) is 3.76. The first-order valence-electron chi connectivity index (χ1n) is 14.7. The lowest BCUT2D eigenvalue weighted by atomic mass is 10.2. The van der Waals surface area contributed by atoms with Crippen LogP contribution >= 0.6 is 19.2 Å². The Labute approximate surface area is 270 Å². The highest BCUT2D eigenvalue weighted by atomic mass is 35.5. The number of nitrogens with zero attached hydrogens (tertiary/aromatic N) is 4. The van der Waals surface area contributed by atoms with Crippen LogP contribution in [0, 0.1) is 0 Å². The van der Waals surface area contributed by atoms with Gasteiger partial charge in [-0.2, -0.15) is 15.1 Å². The Morgan fingerprint density at radius 2 is 1.61 bits per heavy atom. The molecule has 2 fully saturated rings. The van der Waals surface area contributed by atoms with Crippen molar-refractivity contribution >= 4 is 48.4 Å². The molecule has 1 saturated heterocycles. The summed E-state index contributed by atoms with van der Waals surface area (Å²) in [4.78, 5) is 32.1. The predicted molar refractivity (Wildman–Crippen MR) is 158 cm³/mol. The van der Waals surface area contributed by atoms with Gasteiger partial charge in [-0.3, -0.25) is 13.6 Å². The number of fused-ring (bicyclic) bond motifs is 1. The lowest BCUT2D eigenvalue weighted by Crippen LogP contribution is -2.19. The van der Waals surface area contributed by atoms with E-state index < -0.39 is 52.2 Å². The molecule has 1 aliphatic carbocycles. The van der Waals surface area contributed by atoms with Gasteiger partial charge in [-0.1, -0.05) is 12.8 Å². The summed E-state index contributed by atoms with van der Waals surface area (Å²) < 4.78 is 65.6. The highest BCUT2D eigenvalue weighted by Gasteiger charge is 2.32. The van der Waals surface area contributed by atoms with Crippen molar-refractivity contribution in [3.8, 4) is 0 Å². The second-order valence-corrected chi connectivity index (χ2v) is 12.5. The summed E-state index contributed by atoms with van der Waals surface area (Å²) in [6.45, 7) is -1.37. The van der Waals surface area contributed by atoms with Crippen LogP contribution in [0.5, 0.6) is 0 Å². The van der Waals surface area contributed by atoms with Crippen molar-refractivity contribution < 1.29 is 61.1 Å². The molecule has 1 unspecified atom stereocenters. The Balaban J connectivity index is 1.29. The van der Waals surface area contributed by atoms with Crippen molar-refractivity contribution in [3.63, 3.8) is 0 Å². The number of hydrogen-bond acceptors (Lipinski definition) is 17. The van der Waals surface area contributed by atoms with Gasteiger partial charge in [0.05, 0.1) is 37.5 Å². The van der Waals surface area contributed by atoms with E-state index in [1.54, 1.807) is 10.9 Å². The van der Waals surface area contributed by atoms with Gasteiger partial charge in [0.15, 0.2) is 11.9 Å². The molecule has 18 nitrogen and oxygen atoms in total. The Hall–Kier alpha value is -2.83. The van der Waals surface area contributed by atoms with Crippen LogP contribution in [-0.2, 0) is 51.5 Å². The zero-order valence-electron chi connectivity index (χ0n) is 25.6. The van der Waals surface area contributed by atoms with Crippen LogP contribution in [0.25, 0.3) is 11.0 Å². The van der Waals surface area contributed by atoms with Crippen LogP contribution in [-0.4, -0.2) is 111 Å². The number of rotatable bonds is 19. The molecule has 2 aromatic rings. The van der Waals surface area contributed by atoms with Crippen molar-refractivity contribution in [2.75, 3.05) is 72.5 Å². The largest absolute Gasteiger partial charge is 0.510 e. The standard InChI is InChI=1S/C26H39ClN5O13P/c1-36-9-11-39-25(33)41-15-43-46(35,44-16-42-26(34)40-12-10-37-2)17-38-14-19-7-8-21(45-19)32-23-20(13-28-32)22(30-24(27)31-23)29-18-5-3-4-6-18/h13,18-19,21H,3-12,14-17H2,1-2H3,(H,29,30,31)/t19-,21?/m0/s1. The van der Waals surface area contributed by atoms with E-state index >= 15 is 0 Å². The average molecular weight is 696 g/mol. The molecule has 2 aromatic heterocycles. The van der Waals surface area contributed by atoms with Gasteiger partial charge in [-0.15, -0.1) is 0 Å². The highest BCUT2D eigenvalue weighted by molar-refractivity contribution is 7.53. The monoisotopic (exact) mass is 695 g/mol. The lowest BCUT2D eigenvalue weighted by molar-refractivity contribution is -0.0477. The Bertz CT molecular complexity index is 1280. The second-order valence-electron chi connectivity index (χ2n) is 10.2. The van der Waals surface area contributed by atoms with Crippen molar-refractivity contribution in [2.24, 2.45) is 0 Å². The molecular formula is C26H39ClN5O13P. The maximum atomic E-state index is 13.3. The maximum Gasteiger partial charge on any atom is 0.510 e. The van der Waals surface area contributed by atoms with Crippen molar-refractivity contribution in [1.82, 2.24) is 19.7 Å². The van der Waals surface area contributed by atoms with Crippen LogP contribution in [0.3, 0.4) is 0 Å². The molecule has 46 heavy (non-hydrogen) atoms. The number of carbonyl (C=O) groups is 2. The molecule has 20 heteroatoms. The van der Waals surface area contributed by atoms with E-state index in [-0.39, 0.29) is 38.3 Å². The van der Waals surface area contributed by atoms with E-state index in [1.165, 1.54) is 27.1 Å². The summed E-state index contributed by atoms with van der Waals surface area (Å²) in [7, 11) is -1.25. The van der Waals surface area contributed by atoms with Gasteiger partial charge < -0.3 is 43.2 Å². The first kappa shape index (κ1) is 36.0. The number of methoxy groups -OCH3 is 2. The molecule has 1 N–H and O–H groups in total. The molecule has 0 bridgehead atoms. The van der Waals surface area contributed by atoms with Crippen LogP contribution in [0.4, 0.5) is 15.4 Å². The molecule has 3 heterocycles. The quantitative estimate of drug-likeness (QED) is 0.0719. The zero-order chi connectivity index (χ0) is 32.8. The summed E-state index contributed by atoms with van der Waals surface area (Å²) >= 11 is 6.25. The topological polar surface area (TPSA) is 199 Å². The van der Waals surface area contributed by atoms with Gasteiger partial charge in [0.2, 0.25) is 18.9 Å².